The second kappa shape index (κ2) is 7.66. The Labute approximate surface area is 179 Å². The molecule has 0 radical (unpaired) electrons. The Morgan fingerprint density at radius 1 is 1.13 bits per heavy atom. The molecule has 0 aromatic heterocycles. The standard InChI is InChI=1S/C24H31NO4S/c1-17-5-9-20(10-6-17)30(26,27)25-22-11-12-23(2)15-24(22,16-28-3)14-18-7-8-19(29-4)13-21(18)23/h5-10,13,22,25H,11-12,14-16H2,1-4H3/t22-,23+,24+/m0/s1. The van der Waals surface area contributed by atoms with Gasteiger partial charge >= 0.3 is 0 Å². The Kier molecular flexibility index (Phi) is 5.45. The van der Waals surface area contributed by atoms with Gasteiger partial charge in [0, 0.05) is 18.6 Å². The molecule has 6 heteroatoms. The lowest BCUT2D eigenvalue weighted by atomic mass is 9.52. The van der Waals surface area contributed by atoms with Crippen molar-refractivity contribution < 1.29 is 17.9 Å². The predicted octanol–water partition coefficient (Wildman–Crippen LogP) is 3.98. The van der Waals surface area contributed by atoms with Crippen LogP contribution < -0.4 is 9.46 Å². The number of hydrogen-bond donors (Lipinski definition) is 1. The third kappa shape index (κ3) is 3.66. The average molecular weight is 430 g/mol. The molecule has 1 fully saturated rings. The highest BCUT2D eigenvalue weighted by Gasteiger charge is 2.54. The lowest BCUT2D eigenvalue weighted by Gasteiger charge is -2.55. The van der Waals surface area contributed by atoms with Crippen LogP contribution in [-0.2, 0) is 26.6 Å². The highest BCUT2D eigenvalue weighted by Crippen LogP contribution is 2.55. The van der Waals surface area contributed by atoms with Crippen molar-refractivity contribution in [3.8, 4) is 5.75 Å². The molecule has 0 unspecified atom stereocenters. The number of aryl methyl sites for hydroxylation is 1. The van der Waals surface area contributed by atoms with Crippen LogP contribution in [0, 0.1) is 12.3 Å². The summed E-state index contributed by atoms with van der Waals surface area (Å²) in [4.78, 5) is 0.315. The zero-order valence-electron chi connectivity index (χ0n) is 18.2. The van der Waals surface area contributed by atoms with E-state index < -0.39 is 10.0 Å². The number of fused-ring (bicyclic) bond motifs is 4. The van der Waals surface area contributed by atoms with E-state index in [1.807, 2.05) is 25.1 Å². The van der Waals surface area contributed by atoms with E-state index in [1.54, 1.807) is 26.4 Å². The van der Waals surface area contributed by atoms with Gasteiger partial charge in [0.2, 0.25) is 10.0 Å². The van der Waals surface area contributed by atoms with Crippen molar-refractivity contribution in [3.63, 3.8) is 0 Å². The zero-order valence-corrected chi connectivity index (χ0v) is 19.0. The van der Waals surface area contributed by atoms with Crippen LogP contribution in [0.15, 0.2) is 47.4 Å². The van der Waals surface area contributed by atoms with Crippen LogP contribution in [0.2, 0.25) is 0 Å². The number of methoxy groups -OCH3 is 2. The summed E-state index contributed by atoms with van der Waals surface area (Å²) in [5.41, 5.74) is 3.33. The number of ether oxygens (including phenoxy) is 2. The van der Waals surface area contributed by atoms with Gasteiger partial charge in [-0.3, -0.25) is 0 Å². The Balaban J connectivity index is 1.70. The van der Waals surface area contributed by atoms with Gasteiger partial charge in [0.05, 0.1) is 18.6 Å². The fourth-order valence-corrected chi connectivity index (χ4v) is 6.97. The van der Waals surface area contributed by atoms with Crippen molar-refractivity contribution in [3.05, 3.63) is 59.2 Å². The van der Waals surface area contributed by atoms with Crippen LogP contribution >= 0.6 is 0 Å². The molecule has 0 aliphatic heterocycles. The van der Waals surface area contributed by atoms with Crippen LogP contribution in [0.3, 0.4) is 0 Å². The van der Waals surface area contributed by atoms with E-state index >= 15 is 0 Å². The van der Waals surface area contributed by atoms with Gasteiger partial charge in [0.1, 0.15) is 5.75 Å². The smallest absolute Gasteiger partial charge is 0.240 e. The van der Waals surface area contributed by atoms with Gasteiger partial charge < -0.3 is 9.47 Å². The molecule has 2 aliphatic rings. The highest BCUT2D eigenvalue weighted by molar-refractivity contribution is 7.89. The molecular formula is C24H31NO4S. The van der Waals surface area contributed by atoms with Crippen LogP contribution in [-0.4, -0.2) is 35.3 Å². The molecule has 0 spiro atoms. The Morgan fingerprint density at radius 3 is 2.53 bits per heavy atom. The monoisotopic (exact) mass is 429 g/mol. The number of nitrogens with one attached hydrogen (secondary N) is 1. The first kappa shape index (κ1) is 21.3. The van der Waals surface area contributed by atoms with Crippen LogP contribution in [0.4, 0.5) is 0 Å². The minimum absolute atomic E-state index is 0.0214. The Bertz CT molecular complexity index is 1030. The molecule has 2 aliphatic carbocycles. The molecule has 2 aromatic rings. The van der Waals surface area contributed by atoms with Crippen molar-refractivity contribution in [2.75, 3.05) is 20.8 Å². The summed E-state index contributed by atoms with van der Waals surface area (Å²) in [6, 6.07) is 13.1. The fraction of sp³-hybridized carbons (Fsp3) is 0.500. The maximum absolute atomic E-state index is 13.2. The molecule has 4 rings (SSSR count). The van der Waals surface area contributed by atoms with Gasteiger partial charge in [-0.2, -0.15) is 0 Å². The quantitative estimate of drug-likeness (QED) is 0.754. The topological polar surface area (TPSA) is 64.6 Å². The summed E-state index contributed by atoms with van der Waals surface area (Å²) in [6.45, 7) is 4.77. The maximum atomic E-state index is 13.2. The largest absolute Gasteiger partial charge is 0.497 e. The molecule has 2 bridgehead atoms. The molecule has 3 atom stereocenters. The molecule has 0 heterocycles. The van der Waals surface area contributed by atoms with E-state index in [0.29, 0.717) is 11.5 Å². The molecule has 2 aromatic carbocycles. The molecule has 0 amide bonds. The fourth-order valence-electron chi connectivity index (χ4n) is 5.60. The molecule has 5 nitrogen and oxygen atoms in total. The van der Waals surface area contributed by atoms with Gasteiger partial charge in [-0.25, -0.2) is 13.1 Å². The zero-order chi connectivity index (χ0) is 21.6. The van der Waals surface area contributed by atoms with E-state index in [9.17, 15) is 8.42 Å². The minimum atomic E-state index is -3.60. The number of sulfonamides is 1. The van der Waals surface area contributed by atoms with E-state index in [-0.39, 0.29) is 16.9 Å². The average Bonchev–Trinajstić information content (AvgIpc) is 2.71. The van der Waals surface area contributed by atoms with E-state index in [4.69, 9.17) is 9.47 Å². The molecule has 1 N–H and O–H groups in total. The molecular weight excluding hydrogens is 398 g/mol. The third-order valence-electron chi connectivity index (χ3n) is 7.04. The van der Waals surface area contributed by atoms with Crippen LogP contribution in [0.25, 0.3) is 0 Å². The first-order chi connectivity index (χ1) is 14.2. The SMILES string of the molecule is COC[C@]12Cc3ccc(OC)cc3[C@](C)(CC[C@@H]1NS(=O)(=O)c1ccc(C)cc1)C2. The highest BCUT2D eigenvalue weighted by atomic mass is 32.2. The summed E-state index contributed by atoms with van der Waals surface area (Å²) in [5.74, 6) is 0.872. The molecule has 162 valence electrons. The van der Waals surface area contributed by atoms with Crippen molar-refractivity contribution >= 4 is 10.0 Å². The minimum Gasteiger partial charge on any atom is -0.497 e. The van der Waals surface area contributed by atoms with Crippen LogP contribution in [0.5, 0.6) is 5.75 Å². The number of hydrogen-bond acceptors (Lipinski definition) is 4. The summed E-state index contributed by atoms with van der Waals surface area (Å²) in [7, 11) is -0.205. The van der Waals surface area contributed by atoms with Gasteiger partial charge in [-0.15, -0.1) is 0 Å². The summed E-state index contributed by atoms with van der Waals surface area (Å²) >= 11 is 0. The van der Waals surface area contributed by atoms with Crippen molar-refractivity contribution in [2.24, 2.45) is 5.41 Å². The van der Waals surface area contributed by atoms with Crippen molar-refractivity contribution in [1.29, 1.82) is 0 Å². The van der Waals surface area contributed by atoms with E-state index in [0.717, 1.165) is 37.0 Å². The van der Waals surface area contributed by atoms with E-state index in [2.05, 4.69) is 23.8 Å². The van der Waals surface area contributed by atoms with Crippen molar-refractivity contribution in [1.82, 2.24) is 4.72 Å². The van der Waals surface area contributed by atoms with Gasteiger partial charge in [-0.05, 0) is 73.4 Å². The van der Waals surface area contributed by atoms with Gasteiger partial charge in [0.15, 0.2) is 0 Å². The normalized spacial score (nSPS) is 28.1. The summed E-state index contributed by atoms with van der Waals surface area (Å²) < 4.78 is 40.5. The number of benzene rings is 2. The van der Waals surface area contributed by atoms with Gasteiger partial charge in [-0.1, -0.05) is 30.7 Å². The first-order valence-electron chi connectivity index (χ1n) is 10.5. The predicted molar refractivity (Wildman–Crippen MR) is 117 cm³/mol. The molecule has 0 saturated heterocycles. The number of rotatable bonds is 6. The second-order valence-corrected chi connectivity index (χ2v) is 11.0. The Morgan fingerprint density at radius 2 is 1.87 bits per heavy atom. The lowest BCUT2D eigenvalue weighted by molar-refractivity contribution is -0.00776. The van der Waals surface area contributed by atoms with Gasteiger partial charge in [0.25, 0.3) is 0 Å². The Hall–Kier alpha value is -1.89. The van der Waals surface area contributed by atoms with Crippen molar-refractivity contribution in [2.45, 2.75) is 55.9 Å². The summed E-state index contributed by atoms with van der Waals surface area (Å²) in [6.07, 6.45) is 3.37. The lowest BCUT2D eigenvalue weighted by Crippen LogP contribution is -2.59. The molecule has 1 saturated carbocycles. The first-order valence-corrected chi connectivity index (χ1v) is 12.0. The second-order valence-electron chi connectivity index (χ2n) is 9.26. The summed E-state index contributed by atoms with van der Waals surface area (Å²) in [5, 5.41) is 0. The van der Waals surface area contributed by atoms with E-state index in [1.165, 1.54) is 11.1 Å². The maximum Gasteiger partial charge on any atom is 0.240 e. The van der Waals surface area contributed by atoms with Crippen LogP contribution in [0.1, 0.15) is 42.9 Å². The molecule has 30 heavy (non-hydrogen) atoms. The third-order valence-corrected chi connectivity index (χ3v) is 8.52.